The summed E-state index contributed by atoms with van der Waals surface area (Å²) in [6.07, 6.45) is 2.32. The summed E-state index contributed by atoms with van der Waals surface area (Å²) in [5, 5.41) is 2.89. The second-order valence-corrected chi connectivity index (χ2v) is 6.40. The second-order valence-electron chi connectivity index (χ2n) is 6.40. The highest BCUT2D eigenvalue weighted by Gasteiger charge is 2.19. The number of fused-ring (bicyclic) bond motifs is 2. The first-order valence-corrected chi connectivity index (χ1v) is 8.63. The monoisotopic (exact) mass is 351 g/mol. The maximum absolute atomic E-state index is 12.5. The largest absolute Gasteiger partial charge is 0.454 e. The van der Waals surface area contributed by atoms with Crippen LogP contribution in [0.4, 0.5) is 11.7 Å². The van der Waals surface area contributed by atoms with Crippen LogP contribution in [-0.2, 0) is 0 Å². The molecule has 26 heavy (non-hydrogen) atoms. The first kappa shape index (κ1) is 15.1. The van der Waals surface area contributed by atoms with Gasteiger partial charge in [0.1, 0.15) is 5.52 Å². The quantitative estimate of drug-likeness (QED) is 0.779. The topological polar surface area (TPSA) is 76.8 Å². The molecule has 0 bridgehead atoms. The van der Waals surface area contributed by atoms with Crippen LogP contribution in [0.5, 0.6) is 11.5 Å². The van der Waals surface area contributed by atoms with Crippen LogP contribution in [0.1, 0.15) is 23.2 Å². The molecule has 3 heterocycles. The van der Waals surface area contributed by atoms with Crippen molar-refractivity contribution in [2.75, 3.05) is 30.1 Å². The van der Waals surface area contributed by atoms with E-state index in [1.807, 2.05) is 18.2 Å². The number of carbonyl (C=O) groups is 1. The van der Waals surface area contributed by atoms with Gasteiger partial charge in [-0.1, -0.05) is 0 Å². The average molecular weight is 351 g/mol. The maximum Gasteiger partial charge on any atom is 0.298 e. The highest BCUT2D eigenvalue weighted by atomic mass is 16.7. The summed E-state index contributed by atoms with van der Waals surface area (Å²) in [6, 6.07) is 11.2. The van der Waals surface area contributed by atoms with Crippen LogP contribution in [0.2, 0.25) is 0 Å². The van der Waals surface area contributed by atoms with Crippen molar-refractivity contribution in [2.24, 2.45) is 0 Å². The SMILES string of the molecule is O=C(Nc1ccc2oc(N3CCCC3)nc2c1)c1ccc2c(c1)OCO2. The maximum atomic E-state index is 12.5. The number of hydrogen-bond acceptors (Lipinski definition) is 6. The van der Waals surface area contributed by atoms with Gasteiger partial charge in [-0.2, -0.15) is 4.98 Å². The smallest absolute Gasteiger partial charge is 0.298 e. The third-order valence-corrected chi connectivity index (χ3v) is 4.65. The zero-order valence-electron chi connectivity index (χ0n) is 14.0. The molecule has 2 aliphatic heterocycles. The third kappa shape index (κ3) is 2.61. The van der Waals surface area contributed by atoms with E-state index in [1.165, 1.54) is 0 Å². The molecule has 2 aromatic carbocycles. The fourth-order valence-electron chi connectivity index (χ4n) is 3.28. The van der Waals surface area contributed by atoms with E-state index in [4.69, 9.17) is 13.9 Å². The molecule has 132 valence electrons. The van der Waals surface area contributed by atoms with Crippen molar-refractivity contribution >= 4 is 28.7 Å². The summed E-state index contributed by atoms with van der Waals surface area (Å²) in [5.74, 6) is 1.02. The number of nitrogens with zero attached hydrogens (tertiary/aromatic N) is 2. The van der Waals surface area contributed by atoms with Gasteiger partial charge in [-0.15, -0.1) is 0 Å². The summed E-state index contributed by atoms with van der Waals surface area (Å²) in [5.41, 5.74) is 2.62. The fourth-order valence-corrected chi connectivity index (χ4v) is 3.28. The van der Waals surface area contributed by atoms with Gasteiger partial charge in [0.15, 0.2) is 17.1 Å². The minimum atomic E-state index is -0.217. The molecule has 5 rings (SSSR count). The third-order valence-electron chi connectivity index (χ3n) is 4.65. The predicted molar refractivity (Wildman–Crippen MR) is 96.0 cm³/mol. The van der Waals surface area contributed by atoms with Gasteiger partial charge in [-0.25, -0.2) is 0 Å². The van der Waals surface area contributed by atoms with E-state index >= 15 is 0 Å². The molecule has 1 amide bonds. The highest BCUT2D eigenvalue weighted by Crippen LogP contribution is 2.33. The van der Waals surface area contributed by atoms with E-state index in [1.54, 1.807) is 18.2 Å². The van der Waals surface area contributed by atoms with Crippen LogP contribution in [0.25, 0.3) is 11.1 Å². The molecule has 0 radical (unpaired) electrons. The molecule has 0 saturated carbocycles. The Morgan fingerprint density at radius 2 is 1.88 bits per heavy atom. The van der Waals surface area contributed by atoms with Gasteiger partial charge >= 0.3 is 0 Å². The summed E-state index contributed by atoms with van der Waals surface area (Å²) in [4.78, 5) is 19.2. The Kier molecular flexibility index (Phi) is 3.44. The van der Waals surface area contributed by atoms with Crippen LogP contribution in [0, 0.1) is 0 Å². The number of carbonyl (C=O) groups excluding carboxylic acids is 1. The van der Waals surface area contributed by atoms with E-state index in [-0.39, 0.29) is 12.7 Å². The minimum Gasteiger partial charge on any atom is -0.454 e. The Morgan fingerprint density at radius 1 is 1.04 bits per heavy atom. The van der Waals surface area contributed by atoms with E-state index in [0.29, 0.717) is 34.3 Å². The molecule has 7 heteroatoms. The first-order valence-electron chi connectivity index (χ1n) is 8.63. The lowest BCUT2D eigenvalue weighted by Crippen LogP contribution is -2.17. The highest BCUT2D eigenvalue weighted by molar-refractivity contribution is 6.05. The molecule has 0 aliphatic carbocycles. The number of hydrogen-bond donors (Lipinski definition) is 1. The lowest BCUT2D eigenvalue weighted by molar-refractivity contribution is 0.102. The lowest BCUT2D eigenvalue weighted by atomic mass is 10.2. The van der Waals surface area contributed by atoms with Crippen LogP contribution in [0.15, 0.2) is 40.8 Å². The summed E-state index contributed by atoms with van der Waals surface area (Å²) in [7, 11) is 0. The number of anilines is 2. The lowest BCUT2D eigenvalue weighted by Gasteiger charge is -2.10. The molecule has 1 N–H and O–H groups in total. The van der Waals surface area contributed by atoms with Gasteiger partial charge in [-0.05, 0) is 49.2 Å². The van der Waals surface area contributed by atoms with Crippen molar-refractivity contribution in [2.45, 2.75) is 12.8 Å². The Hall–Kier alpha value is -3.22. The van der Waals surface area contributed by atoms with Crippen molar-refractivity contribution in [1.29, 1.82) is 0 Å². The molecular weight excluding hydrogens is 334 g/mol. The van der Waals surface area contributed by atoms with E-state index in [0.717, 1.165) is 31.4 Å². The van der Waals surface area contributed by atoms with Gasteiger partial charge < -0.3 is 24.1 Å². The van der Waals surface area contributed by atoms with Crippen molar-refractivity contribution in [3.8, 4) is 11.5 Å². The number of oxazole rings is 1. The van der Waals surface area contributed by atoms with Crippen molar-refractivity contribution in [1.82, 2.24) is 4.98 Å². The second kappa shape index (κ2) is 5.94. The Balaban J connectivity index is 1.37. The van der Waals surface area contributed by atoms with E-state index in [2.05, 4.69) is 15.2 Å². The zero-order chi connectivity index (χ0) is 17.5. The molecule has 7 nitrogen and oxygen atoms in total. The Labute approximate surface area is 149 Å². The molecule has 0 atom stereocenters. The number of nitrogens with one attached hydrogen (secondary N) is 1. The molecule has 2 aliphatic rings. The number of ether oxygens (including phenoxy) is 2. The van der Waals surface area contributed by atoms with Gasteiger partial charge in [0.05, 0.1) is 0 Å². The van der Waals surface area contributed by atoms with Gasteiger partial charge in [0, 0.05) is 24.3 Å². The van der Waals surface area contributed by atoms with E-state index in [9.17, 15) is 4.79 Å². The molecule has 0 unspecified atom stereocenters. The molecular formula is C19H17N3O4. The summed E-state index contributed by atoms with van der Waals surface area (Å²) in [6.45, 7) is 2.13. The Bertz CT molecular complexity index is 992. The van der Waals surface area contributed by atoms with Gasteiger partial charge in [0.25, 0.3) is 11.9 Å². The van der Waals surface area contributed by atoms with Crippen LogP contribution >= 0.6 is 0 Å². The van der Waals surface area contributed by atoms with Crippen LogP contribution < -0.4 is 19.7 Å². The molecule has 3 aromatic rings. The minimum absolute atomic E-state index is 0.183. The van der Waals surface area contributed by atoms with Gasteiger partial charge in [0.2, 0.25) is 6.79 Å². The summed E-state index contributed by atoms with van der Waals surface area (Å²) >= 11 is 0. The Morgan fingerprint density at radius 3 is 2.77 bits per heavy atom. The van der Waals surface area contributed by atoms with Crippen LogP contribution in [-0.4, -0.2) is 30.8 Å². The van der Waals surface area contributed by atoms with Crippen molar-refractivity contribution in [3.63, 3.8) is 0 Å². The summed E-state index contributed by atoms with van der Waals surface area (Å²) < 4.78 is 16.4. The zero-order valence-corrected chi connectivity index (χ0v) is 14.0. The molecule has 1 fully saturated rings. The first-order chi connectivity index (χ1) is 12.8. The van der Waals surface area contributed by atoms with Gasteiger partial charge in [-0.3, -0.25) is 4.79 Å². The van der Waals surface area contributed by atoms with Crippen molar-refractivity contribution < 1.29 is 18.7 Å². The van der Waals surface area contributed by atoms with E-state index < -0.39 is 0 Å². The number of benzene rings is 2. The standard InChI is InChI=1S/C19H17N3O4/c23-18(12-3-5-16-17(9-12)25-11-24-16)20-13-4-6-15-14(10-13)21-19(26-15)22-7-1-2-8-22/h3-6,9-10H,1-2,7-8,11H2,(H,20,23). The average Bonchev–Trinajstić information content (AvgIpc) is 3.39. The van der Waals surface area contributed by atoms with Crippen molar-refractivity contribution in [3.05, 3.63) is 42.0 Å². The number of aromatic nitrogens is 1. The predicted octanol–water partition coefficient (Wildman–Crippen LogP) is 3.41. The number of amides is 1. The molecule has 0 spiro atoms. The molecule has 1 aromatic heterocycles. The number of rotatable bonds is 3. The van der Waals surface area contributed by atoms with Crippen LogP contribution in [0.3, 0.4) is 0 Å². The molecule has 1 saturated heterocycles. The normalized spacial score (nSPS) is 15.6. The fraction of sp³-hybridized carbons (Fsp3) is 0.263.